The minimum atomic E-state index is 0.800. The molecule has 0 atom stereocenters. The van der Waals surface area contributed by atoms with Gasteiger partial charge in [0.1, 0.15) is 5.65 Å². The molecule has 0 aliphatic heterocycles. The van der Waals surface area contributed by atoms with Crippen molar-refractivity contribution in [1.29, 1.82) is 0 Å². The molecule has 1 saturated carbocycles. The van der Waals surface area contributed by atoms with Crippen LogP contribution in [0.1, 0.15) is 32.1 Å². The molecule has 2 aromatic rings. The Morgan fingerprint density at radius 1 is 1.19 bits per heavy atom. The number of fused-ring (bicyclic) bond motifs is 1. The average molecular weight is 232 g/mol. The number of hydrogen-bond donors (Lipinski definition) is 0. The number of nitrogens with zero attached hydrogens (tertiary/aromatic N) is 2. The highest BCUT2D eigenvalue weighted by molar-refractivity contribution is 7.99. The SMILES string of the molecule is c1ccn2c(SC3CCCCC3)cnc2c1. The van der Waals surface area contributed by atoms with Gasteiger partial charge in [-0.05, 0) is 25.0 Å². The minimum Gasteiger partial charge on any atom is -0.295 e. The molecule has 0 unspecified atom stereocenters. The Morgan fingerprint density at radius 3 is 2.94 bits per heavy atom. The van der Waals surface area contributed by atoms with E-state index in [4.69, 9.17) is 0 Å². The molecule has 0 spiro atoms. The number of imidazole rings is 1. The standard InChI is InChI=1S/C13H16N2S/c1-2-6-11(7-3-1)16-13-10-14-12-8-4-5-9-15(12)13/h4-5,8-11H,1-3,6-7H2. The summed E-state index contributed by atoms with van der Waals surface area (Å²) < 4.78 is 2.19. The second-order valence-corrected chi connectivity index (χ2v) is 5.72. The van der Waals surface area contributed by atoms with Gasteiger partial charge in [-0.3, -0.25) is 4.40 Å². The van der Waals surface area contributed by atoms with Crippen molar-refractivity contribution in [2.75, 3.05) is 0 Å². The molecular weight excluding hydrogens is 216 g/mol. The van der Waals surface area contributed by atoms with E-state index >= 15 is 0 Å². The van der Waals surface area contributed by atoms with Gasteiger partial charge < -0.3 is 0 Å². The fourth-order valence-electron chi connectivity index (χ4n) is 2.35. The highest BCUT2D eigenvalue weighted by Crippen LogP contribution is 2.33. The third kappa shape index (κ3) is 1.96. The average Bonchev–Trinajstić information content (AvgIpc) is 2.74. The Balaban J connectivity index is 1.83. The van der Waals surface area contributed by atoms with E-state index in [9.17, 15) is 0 Å². The van der Waals surface area contributed by atoms with Crippen LogP contribution in [0.25, 0.3) is 5.65 Å². The highest BCUT2D eigenvalue weighted by atomic mass is 32.2. The summed E-state index contributed by atoms with van der Waals surface area (Å²) in [7, 11) is 0. The van der Waals surface area contributed by atoms with Gasteiger partial charge in [-0.2, -0.15) is 0 Å². The van der Waals surface area contributed by atoms with Crippen molar-refractivity contribution in [2.45, 2.75) is 42.4 Å². The zero-order chi connectivity index (χ0) is 10.8. The maximum Gasteiger partial charge on any atom is 0.137 e. The maximum atomic E-state index is 4.43. The molecule has 3 rings (SSSR count). The summed E-state index contributed by atoms with van der Waals surface area (Å²) in [6.07, 6.45) is 11.1. The first kappa shape index (κ1) is 10.2. The number of aromatic nitrogens is 2. The second kappa shape index (κ2) is 4.50. The molecule has 0 aromatic carbocycles. The summed E-state index contributed by atoms with van der Waals surface area (Å²) in [6.45, 7) is 0. The third-order valence-corrected chi connectivity index (χ3v) is 4.57. The van der Waals surface area contributed by atoms with Crippen LogP contribution in [0.2, 0.25) is 0 Å². The summed E-state index contributed by atoms with van der Waals surface area (Å²) in [6, 6.07) is 6.17. The Hall–Kier alpha value is -0.960. The van der Waals surface area contributed by atoms with Crippen LogP contribution in [-0.2, 0) is 0 Å². The Morgan fingerprint density at radius 2 is 2.06 bits per heavy atom. The number of thioether (sulfide) groups is 1. The van der Waals surface area contributed by atoms with Crippen LogP contribution in [0, 0.1) is 0 Å². The molecule has 3 heteroatoms. The largest absolute Gasteiger partial charge is 0.295 e. The normalized spacial score (nSPS) is 18.0. The molecule has 0 saturated heterocycles. The van der Waals surface area contributed by atoms with Crippen LogP contribution in [-0.4, -0.2) is 14.6 Å². The van der Waals surface area contributed by atoms with E-state index in [1.54, 1.807) is 0 Å². The molecule has 84 valence electrons. The number of hydrogen-bond acceptors (Lipinski definition) is 2. The van der Waals surface area contributed by atoms with Crippen molar-refractivity contribution >= 4 is 17.4 Å². The van der Waals surface area contributed by atoms with Gasteiger partial charge in [0.15, 0.2) is 0 Å². The predicted octanol–water partition coefficient (Wildman–Crippen LogP) is 3.76. The van der Waals surface area contributed by atoms with E-state index in [2.05, 4.69) is 27.7 Å². The first-order valence-electron chi connectivity index (χ1n) is 6.02. The summed E-state index contributed by atoms with van der Waals surface area (Å²) in [4.78, 5) is 4.43. The molecule has 0 radical (unpaired) electrons. The van der Waals surface area contributed by atoms with Crippen LogP contribution < -0.4 is 0 Å². The van der Waals surface area contributed by atoms with Crippen LogP contribution in [0.4, 0.5) is 0 Å². The smallest absolute Gasteiger partial charge is 0.137 e. The molecule has 2 aromatic heterocycles. The summed E-state index contributed by atoms with van der Waals surface area (Å²) in [5.74, 6) is 0. The van der Waals surface area contributed by atoms with Crippen LogP contribution in [0.15, 0.2) is 35.6 Å². The van der Waals surface area contributed by atoms with Gasteiger partial charge in [-0.1, -0.05) is 25.3 Å². The van der Waals surface area contributed by atoms with Crippen molar-refractivity contribution in [3.05, 3.63) is 30.6 Å². The first-order valence-corrected chi connectivity index (χ1v) is 6.90. The van der Waals surface area contributed by atoms with E-state index in [0.717, 1.165) is 10.9 Å². The van der Waals surface area contributed by atoms with Crippen LogP contribution >= 0.6 is 11.8 Å². The fourth-order valence-corrected chi connectivity index (χ4v) is 3.64. The lowest BCUT2D eigenvalue weighted by Crippen LogP contribution is -2.08. The van der Waals surface area contributed by atoms with Gasteiger partial charge in [-0.25, -0.2) is 4.98 Å². The molecule has 0 N–H and O–H groups in total. The first-order chi connectivity index (χ1) is 7.93. The molecule has 1 aliphatic carbocycles. The van der Waals surface area contributed by atoms with E-state index in [1.165, 1.54) is 37.1 Å². The zero-order valence-electron chi connectivity index (χ0n) is 9.30. The summed E-state index contributed by atoms with van der Waals surface area (Å²) in [5, 5.41) is 2.09. The zero-order valence-corrected chi connectivity index (χ0v) is 10.1. The molecule has 0 bridgehead atoms. The van der Waals surface area contributed by atoms with Gasteiger partial charge >= 0.3 is 0 Å². The van der Waals surface area contributed by atoms with Crippen LogP contribution in [0.5, 0.6) is 0 Å². The Labute approximate surface area is 100 Å². The van der Waals surface area contributed by atoms with Gasteiger partial charge in [0.05, 0.1) is 11.2 Å². The molecule has 16 heavy (non-hydrogen) atoms. The lowest BCUT2D eigenvalue weighted by atomic mass is 10.0. The molecule has 2 nitrogen and oxygen atoms in total. The van der Waals surface area contributed by atoms with Crippen molar-refractivity contribution in [3.8, 4) is 0 Å². The molecule has 0 amide bonds. The molecule has 1 fully saturated rings. The van der Waals surface area contributed by atoms with Gasteiger partial charge in [0.2, 0.25) is 0 Å². The Bertz CT molecular complexity index is 471. The number of pyridine rings is 1. The topological polar surface area (TPSA) is 17.3 Å². The van der Waals surface area contributed by atoms with E-state index in [1.807, 2.05) is 24.0 Å². The van der Waals surface area contributed by atoms with Gasteiger partial charge in [0.25, 0.3) is 0 Å². The molecular formula is C13H16N2S. The van der Waals surface area contributed by atoms with Crippen molar-refractivity contribution in [2.24, 2.45) is 0 Å². The number of rotatable bonds is 2. The molecule has 2 heterocycles. The van der Waals surface area contributed by atoms with Crippen molar-refractivity contribution < 1.29 is 0 Å². The van der Waals surface area contributed by atoms with Gasteiger partial charge in [-0.15, -0.1) is 11.8 Å². The van der Waals surface area contributed by atoms with E-state index < -0.39 is 0 Å². The summed E-state index contributed by atoms with van der Waals surface area (Å²) >= 11 is 2.00. The Kier molecular flexibility index (Phi) is 2.87. The van der Waals surface area contributed by atoms with E-state index in [-0.39, 0.29) is 0 Å². The third-order valence-electron chi connectivity index (χ3n) is 3.22. The lowest BCUT2D eigenvalue weighted by Gasteiger charge is -2.20. The predicted molar refractivity (Wildman–Crippen MR) is 67.9 cm³/mol. The molecule has 1 aliphatic rings. The van der Waals surface area contributed by atoms with Crippen molar-refractivity contribution in [1.82, 2.24) is 9.38 Å². The highest BCUT2D eigenvalue weighted by Gasteiger charge is 2.16. The van der Waals surface area contributed by atoms with E-state index in [0.29, 0.717) is 0 Å². The maximum absolute atomic E-state index is 4.43. The monoisotopic (exact) mass is 232 g/mol. The quantitative estimate of drug-likeness (QED) is 0.784. The second-order valence-electron chi connectivity index (χ2n) is 4.40. The lowest BCUT2D eigenvalue weighted by molar-refractivity contribution is 0.515. The van der Waals surface area contributed by atoms with Crippen LogP contribution in [0.3, 0.4) is 0 Å². The summed E-state index contributed by atoms with van der Waals surface area (Å²) in [5.41, 5.74) is 1.06. The fraction of sp³-hybridized carbons (Fsp3) is 0.462. The van der Waals surface area contributed by atoms with Gasteiger partial charge in [0, 0.05) is 11.4 Å². The minimum absolute atomic E-state index is 0.800. The van der Waals surface area contributed by atoms with Crippen molar-refractivity contribution in [3.63, 3.8) is 0 Å².